The second kappa shape index (κ2) is 8.79. The van der Waals surface area contributed by atoms with Crippen LogP contribution in [0.25, 0.3) is 11.3 Å². The van der Waals surface area contributed by atoms with Crippen molar-refractivity contribution < 1.29 is 4.79 Å². The summed E-state index contributed by atoms with van der Waals surface area (Å²) in [6.45, 7) is 7.93. The van der Waals surface area contributed by atoms with Crippen molar-refractivity contribution in [3.63, 3.8) is 0 Å². The van der Waals surface area contributed by atoms with Crippen molar-refractivity contribution >= 4 is 11.7 Å². The summed E-state index contributed by atoms with van der Waals surface area (Å²) in [6, 6.07) is 16.3. The zero-order chi connectivity index (χ0) is 20.1. The van der Waals surface area contributed by atoms with Gasteiger partial charge in [-0.1, -0.05) is 67.9 Å². The lowest BCUT2D eigenvalue weighted by Gasteiger charge is -2.20. The van der Waals surface area contributed by atoms with Crippen LogP contribution in [0.2, 0.25) is 0 Å². The minimum absolute atomic E-state index is 0.0672. The van der Waals surface area contributed by atoms with Crippen LogP contribution in [0.1, 0.15) is 41.9 Å². The molecule has 0 atom stereocenters. The number of amides is 1. The van der Waals surface area contributed by atoms with Gasteiger partial charge in [-0.3, -0.25) is 4.79 Å². The van der Waals surface area contributed by atoms with E-state index in [1.807, 2.05) is 58.0 Å². The van der Waals surface area contributed by atoms with Crippen molar-refractivity contribution in [3.8, 4) is 11.3 Å². The largest absolute Gasteiger partial charge is 0.309 e. The summed E-state index contributed by atoms with van der Waals surface area (Å²) < 4.78 is 0. The molecule has 1 aliphatic rings. The fraction of sp³-hybridized carbons (Fsp3) is 0.292. The van der Waals surface area contributed by atoms with Crippen LogP contribution >= 0.6 is 0 Å². The highest BCUT2D eigenvalue weighted by Crippen LogP contribution is 2.32. The second-order valence-corrected chi connectivity index (χ2v) is 6.82. The molecule has 1 aromatic heterocycles. The predicted molar refractivity (Wildman–Crippen MR) is 114 cm³/mol. The summed E-state index contributed by atoms with van der Waals surface area (Å²) >= 11 is 0. The lowest BCUT2D eigenvalue weighted by Crippen LogP contribution is -2.19. The quantitative estimate of drug-likeness (QED) is 0.698. The molecule has 4 nitrogen and oxygen atoms in total. The summed E-state index contributed by atoms with van der Waals surface area (Å²) in [5, 5.41) is 2.93. The van der Waals surface area contributed by atoms with Crippen molar-refractivity contribution in [2.75, 3.05) is 5.32 Å². The smallest absolute Gasteiger partial charge is 0.229 e. The maximum Gasteiger partial charge on any atom is 0.229 e. The lowest BCUT2D eigenvalue weighted by molar-refractivity contribution is -0.115. The van der Waals surface area contributed by atoms with E-state index in [-0.39, 0.29) is 5.91 Å². The van der Waals surface area contributed by atoms with Gasteiger partial charge in [0.05, 0.1) is 23.5 Å². The summed E-state index contributed by atoms with van der Waals surface area (Å²) in [7, 11) is 0. The first-order chi connectivity index (χ1) is 13.6. The molecule has 0 unspecified atom stereocenters. The molecule has 1 heterocycles. The zero-order valence-electron chi connectivity index (χ0n) is 17.0. The van der Waals surface area contributed by atoms with Crippen LogP contribution in [-0.2, 0) is 24.1 Å². The maximum absolute atomic E-state index is 12.4. The number of fused-ring (bicyclic) bond motifs is 3. The molecular weight excluding hydrogens is 346 g/mol. The number of carbonyl (C=O) groups is 1. The van der Waals surface area contributed by atoms with E-state index in [9.17, 15) is 4.79 Å². The molecule has 1 amide bonds. The molecule has 0 saturated carbocycles. The molecule has 0 spiro atoms. The maximum atomic E-state index is 12.4. The Bertz CT molecular complexity index is 978. The number of nitrogens with zero attached hydrogens (tertiary/aromatic N) is 2. The van der Waals surface area contributed by atoms with Gasteiger partial charge in [0.15, 0.2) is 5.82 Å². The van der Waals surface area contributed by atoms with Gasteiger partial charge in [0, 0.05) is 5.56 Å². The fourth-order valence-electron chi connectivity index (χ4n) is 3.35. The van der Waals surface area contributed by atoms with E-state index < -0.39 is 0 Å². The monoisotopic (exact) mass is 373 g/mol. The highest BCUT2D eigenvalue weighted by Gasteiger charge is 2.20. The first kappa shape index (κ1) is 19.7. The van der Waals surface area contributed by atoms with Gasteiger partial charge in [-0.25, -0.2) is 9.97 Å². The highest BCUT2D eigenvalue weighted by molar-refractivity contribution is 5.92. The zero-order valence-corrected chi connectivity index (χ0v) is 17.0. The Hall–Kier alpha value is -3.01. The summed E-state index contributed by atoms with van der Waals surface area (Å²) in [5.41, 5.74) is 7.29. The molecular formula is C24H27N3O. The lowest BCUT2D eigenvalue weighted by atomic mass is 9.92. The van der Waals surface area contributed by atoms with Crippen molar-refractivity contribution in [2.24, 2.45) is 0 Å². The molecule has 28 heavy (non-hydrogen) atoms. The third-order valence-corrected chi connectivity index (χ3v) is 4.79. The number of hydrogen-bond donors (Lipinski definition) is 1. The summed E-state index contributed by atoms with van der Waals surface area (Å²) in [6.07, 6.45) is 2.14. The average Bonchev–Trinajstić information content (AvgIpc) is 2.72. The SMILES string of the molecule is CC.Cc1ccc(CC(=O)Nc2nc3c(nc2C)-c2ccccc2CC3)cc1. The van der Waals surface area contributed by atoms with E-state index in [1.165, 1.54) is 11.1 Å². The molecule has 0 aliphatic heterocycles. The molecule has 2 aromatic carbocycles. The van der Waals surface area contributed by atoms with E-state index >= 15 is 0 Å². The molecule has 1 aliphatic carbocycles. The Labute approximate surface area is 167 Å². The third-order valence-electron chi connectivity index (χ3n) is 4.79. The Balaban J connectivity index is 0.00000109. The Morgan fingerprint density at radius 2 is 1.68 bits per heavy atom. The molecule has 1 N–H and O–H groups in total. The van der Waals surface area contributed by atoms with Crippen LogP contribution in [0.3, 0.4) is 0 Å². The number of benzene rings is 2. The first-order valence-electron chi connectivity index (χ1n) is 9.91. The van der Waals surface area contributed by atoms with Crippen LogP contribution in [0.5, 0.6) is 0 Å². The number of nitrogens with one attached hydrogen (secondary N) is 1. The number of rotatable bonds is 3. The average molecular weight is 374 g/mol. The standard InChI is InChI=1S/C22H21N3O.C2H6/c1-14-7-9-16(10-8-14)13-20(26)25-22-15(2)23-21-18-6-4-3-5-17(18)11-12-19(21)24-22;1-2/h3-10H,11-13H2,1-2H3,(H,24,25,26);1-2H3. The van der Waals surface area contributed by atoms with E-state index in [0.29, 0.717) is 12.2 Å². The molecule has 0 bridgehead atoms. The topological polar surface area (TPSA) is 54.9 Å². The van der Waals surface area contributed by atoms with Gasteiger partial charge in [0.2, 0.25) is 5.91 Å². The number of hydrogen-bond acceptors (Lipinski definition) is 3. The molecule has 0 fully saturated rings. The predicted octanol–water partition coefficient (Wildman–Crippen LogP) is 5.07. The van der Waals surface area contributed by atoms with Crippen LogP contribution < -0.4 is 5.32 Å². The molecule has 4 rings (SSSR count). The Morgan fingerprint density at radius 1 is 0.964 bits per heavy atom. The van der Waals surface area contributed by atoms with E-state index in [2.05, 4.69) is 23.5 Å². The number of aryl methyl sites for hydroxylation is 4. The third kappa shape index (κ3) is 4.28. The van der Waals surface area contributed by atoms with Crippen molar-refractivity contribution in [1.29, 1.82) is 0 Å². The number of anilines is 1. The summed E-state index contributed by atoms with van der Waals surface area (Å²) in [4.78, 5) is 21.9. The van der Waals surface area contributed by atoms with E-state index in [0.717, 1.165) is 41.1 Å². The minimum atomic E-state index is -0.0672. The molecule has 144 valence electrons. The minimum Gasteiger partial charge on any atom is -0.309 e. The van der Waals surface area contributed by atoms with Crippen molar-refractivity contribution in [2.45, 2.75) is 47.0 Å². The second-order valence-electron chi connectivity index (χ2n) is 6.82. The van der Waals surface area contributed by atoms with Crippen molar-refractivity contribution in [3.05, 3.63) is 76.6 Å². The van der Waals surface area contributed by atoms with Gasteiger partial charge >= 0.3 is 0 Å². The van der Waals surface area contributed by atoms with Gasteiger partial charge in [0.1, 0.15) is 0 Å². The first-order valence-corrected chi connectivity index (χ1v) is 9.91. The molecule has 4 heteroatoms. The summed E-state index contributed by atoms with van der Waals surface area (Å²) in [5.74, 6) is 0.502. The Kier molecular flexibility index (Phi) is 6.19. The van der Waals surface area contributed by atoms with Crippen molar-refractivity contribution in [1.82, 2.24) is 9.97 Å². The van der Waals surface area contributed by atoms with Gasteiger partial charge < -0.3 is 5.32 Å². The highest BCUT2D eigenvalue weighted by atomic mass is 16.1. The van der Waals surface area contributed by atoms with Gasteiger partial charge in [-0.15, -0.1) is 0 Å². The van der Waals surface area contributed by atoms with Crippen LogP contribution in [-0.4, -0.2) is 15.9 Å². The van der Waals surface area contributed by atoms with Crippen LogP contribution in [0.15, 0.2) is 48.5 Å². The van der Waals surface area contributed by atoms with Gasteiger partial charge in [-0.2, -0.15) is 0 Å². The van der Waals surface area contributed by atoms with E-state index in [4.69, 9.17) is 9.97 Å². The normalized spacial score (nSPS) is 11.6. The van der Waals surface area contributed by atoms with Gasteiger partial charge in [-0.05, 0) is 37.8 Å². The fourth-order valence-corrected chi connectivity index (χ4v) is 3.35. The number of aromatic nitrogens is 2. The van der Waals surface area contributed by atoms with Crippen LogP contribution in [0.4, 0.5) is 5.82 Å². The van der Waals surface area contributed by atoms with E-state index in [1.54, 1.807) is 0 Å². The van der Waals surface area contributed by atoms with Gasteiger partial charge in [0.25, 0.3) is 0 Å². The Morgan fingerprint density at radius 3 is 2.43 bits per heavy atom. The number of carbonyl (C=O) groups excluding carboxylic acids is 1. The van der Waals surface area contributed by atoms with Crippen LogP contribution in [0, 0.1) is 13.8 Å². The molecule has 0 radical (unpaired) electrons. The molecule has 3 aromatic rings. The molecule has 0 saturated heterocycles.